The summed E-state index contributed by atoms with van der Waals surface area (Å²) < 4.78 is 4.49. The third kappa shape index (κ3) is 3.22. The van der Waals surface area contributed by atoms with Gasteiger partial charge in [0.1, 0.15) is 0 Å². The van der Waals surface area contributed by atoms with E-state index in [2.05, 4.69) is 10.1 Å². The Bertz CT molecular complexity index is 244. The standard InChI is InChI=1S/C11H19NO3/c1-11(6-3-4-7-11)10(14)12-8-5-9(13)15-2/h3-8H2,1-2H3,(H,12,14). The Morgan fingerprint density at radius 2 is 1.93 bits per heavy atom. The van der Waals surface area contributed by atoms with E-state index in [1.54, 1.807) is 0 Å². The van der Waals surface area contributed by atoms with Crippen LogP contribution in [0.15, 0.2) is 0 Å². The normalized spacial score (nSPS) is 18.5. The zero-order chi connectivity index (χ0) is 11.3. The Morgan fingerprint density at radius 3 is 2.47 bits per heavy atom. The molecule has 0 radical (unpaired) electrons. The number of esters is 1. The molecule has 1 N–H and O–H groups in total. The van der Waals surface area contributed by atoms with E-state index in [9.17, 15) is 9.59 Å². The number of carbonyl (C=O) groups excluding carboxylic acids is 2. The molecule has 4 heteroatoms. The maximum atomic E-state index is 11.8. The molecule has 86 valence electrons. The van der Waals surface area contributed by atoms with Gasteiger partial charge in [0.25, 0.3) is 0 Å². The molecule has 1 aliphatic rings. The predicted octanol–water partition coefficient (Wildman–Crippen LogP) is 1.25. The number of methoxy groups -OCH3 is 1. The minimum atomic E-state index is -0.285. The average molecular weight is 213 g/mol. The Labute approximate surface area is 90.4 Å². The van der Waals surface area contributed by atoms with Gasteiger partial charge in [0, 0.05) is 12.0 Å². The lowest BCUT2D eigenvalue weighted by molar-refractivity contribution is -0.140. The molecule has 0 aliphatic heterocycles. The molecule has 1 saturated carbocycles. The third-order valence-corrected chi connectivity index (χ3v) is 3.10. The van der Waals surface area contributed by atoms with Crippen LogP contribution >= 0.6 is 0 Å². The molecule has 0 aromatic heterocycles. The van der Waals surface area contributed by atoms with Gasteiger partial charge >= 0.3 is 5.97 Å². The van der Waals surface area contributed by atoms with Gasteiger partial charge in [-0.3, -0.25) is 9.59 Å². The smallest absolute Gasteiger partial charge is 0.307 e. The molecule has 1 aliphatic carbocycles. The number of hydrogen-bond acceptors (Lipinski definition) is 3. The lowest BCUT2D eigenvalue weighted by Gasteiger charge is -2.21. The van der Waals surface area contributed by atoms with E-state index in [4.69, 9.17) is 0 Å². The minimum absolute atomic E-state index is 0.0731. The SMILES string of the molecule is COC(=O)CCNC(=O)C1(C)CCCC1. The second-order valence-corrected chi connectivity index (χ2v) is 4.35. The lowest BCUT2D eigenvalue weighted by atomic mass is 9.88. The number of nitrogens with one attached hydrogen (secondary N) is 1. The molecule has 0 aromatic rings. The number of amides is 1. The van der Waals surface area contributed by atoms with Crippen molar-refractivity contribution in [3.63, 3.8) is 0 Å². The van der Waals surface area contributed by atoms with Crippen LogP contribution in [-0.4, -0.2) is 25.5 Å². The Kier molecular flexibility index (Phi) is 4.12. The van der Waals surface area contributed by atoms with Crippen molar-refractivity contribution in [1.82, 2.24) is 5.32 Å². The molecule has 0 unspecified atom stereocenters. The second kappa shape index (κ2) is 5.14. The second-order valence-electron chi connectivity index (χ2n) is 4.35. The van der Waals surface area contributed by atoms with Gasteiger partial charge in [-0.1, -0.05) is 19.8 Å². The van der Waals surface area contributed by atoms with Crippen LogP contribution in [0.2, 0.25) is 0 Å². The van der Waals surface area contributed by atoms with Gasteiger partial charge in [-0.2, -0.15) is 0 Å². The zero-order valence-electron chi connectivity index (χ0n) is 9.47. The molecule has 1 amide bonds. The van der Waals surface area contributed by atoms with Crippen LogP contribution in [0.4, 0.5) is 0 Å². The van der Waals surface area contributed by atoms with Gasteiger partial charge in [0.2, 0.25) is 5.91 Å². The van der Waals surface area contributed by atoms with E-state index in [0.717, 1.165) is 25.7 Å². The average Bonchev–Trinajstić information content (AvgIpc) is 2.66. The Balaban J connectivity index is 2.26. The summed E-state index contributed by atoms with van der Waals surface area (Å²) in [5, 5.41) is 2.79. The largest absolute Gasteiger partial charge is 0.469 e. The number of carbonyl (C=O) groups is 2. The van der Waals surface area contributed by atoms with Gasteiger partial charge in [-0.05, 0) is 12.8 Å². The fraction of sp³-hybridized carbons (Fsp3) is 0.818. The van der Waals surface area contributed by atoms with Crippen LogP contribution < -0.4 is 5.32 Å². The van der Waals surface area contributed by atoms with Crippen LogP contribution in [-0.2, 0) is 14.3 Å². The van der Waals surface area contributed by atoms with E-state index >= 15 is 0 Å². The van der Waals surface area contributed by atoms with E-state index in [-0.39, 0.29) is 23.7 Å². The molecule has 0 spiro atoms. The van der Waals surface area contributed by atoms with E-state index < -0.39 is 0 Å². The minimum Gasteiger partial charge on any atom is -0.469 e. The molecular formula is C11H19NO3. The molecular weight excluding hydrogens is 194 g/mol. The van der Waals surface area contributed by atoms with Gasteiger partial charge in [0.15, 0.2) is 0 Å². The van der Waals surface area contributed by atoms with Crippen LogP contribution in [0.25, 0.3) is 0 Å². The predicted molar refractivity (Wildman–Crippen MR) is 56.2 cm³/mol. The van der Waals surface area contributed by atoms with Crippen LogP contribution in [0.3, 0.4) is 0 Å². The van der Waals surface area contributed by atoms with Crippen molar-refractivity contribution in [1.29, 1.82) is 0 Å². The molecule has 4 nitrogen and oxygen atoms in total. The third-order valence-electron chi connectivity index (χ3n) is 3.10. The highest BCUT2D eigenvalue weighted by molar-refractivity contribution is 5.82. The van der Waals surface area contributed by atoms with Gasteiger partial charge in [0.05, 0.1) is 13.5 Å². The fourth-order valence-corrected chi connectivity index (χ4v) is 1.98. The highest BCUT2D eigenvalue weighted by Crippen LogP contribution is 2.37. The van der Waals surface area contributed by atoms with E-state index in [0.29, 0.717) is 6.54 Å². The van der Waals surface area contributed by atoms with Crippen molar-refractivity contribution < 1.29 is 14.3 Å². The molecule has 1 fully saturated rings. The monoisotopic (exact) mass is 213 g/mol. The molecule has 0 heterocycles. The van der Waals surface area contributed by atoms with E-state index in [1.807, 2.05) is 6.92 Å². The summed E-state index contributed by atoms with van der Waals surface area (Å²) in [7, 11) is 1.35. The highest BCUT2D eigenvalue weighted by Gasteiger charge is 2.35. The number of ether oxygens (including phenoxy) is 1. The first-order valence-electron chi connectivity index (χ1n) is 5.43. The van der Waals surface area contributed by atoms with Gasteiger partial charge < -0.3 is 10.1 Å². The van der Waals surface area contributed by atoms with Crippen LogP contribution in [0.5, 0.6) is 0 Å². The first-order valence-corrected chi connectivity index (χ1v) is 5.43. The molecule has 15 heavy (non-hydrogen) atoms. The van der Waals surface area contributed by atoms with Crippen molar-refractivity contribution in [3.05, 3.63) is 0 Å². The Hall–Kier alpha value is -1.06. The van der Waals surface area contributed by atoms with E-state index in [1.165, 1.54) is 7.11 Å². The summed E-state index contributed by atoms with van der Waals surface area (Å²) in [6, 6.07) is 0. The molecule has 0 saturated heterocycles. The van der Waals surface area contributed by atoms with Crippen molar-refractivity contribution in [2.45, 2.75) is 39.0 Å². The first-order chi connectivity index (χ1) is 7.08. The molecule has 0 atom stereocenters. The summed E-state index contributed by atoms with van der Waals surface area (Å²) in [5.74, 6) is -0.212. The Morgan fingerprint density at radius 1 is 1.33 bits per heavy atom. The van der Waals surface area contributed by atoms with Gasteiger partial charge in [-0.15, -0.1) is 0 Å². The van der Waals surface area contributed by atoms with Crippen LogP contribution in [0, 0.1) is 5.41 Å². The quantitative estimate of drug-likeness (QED) is 0.715. The zero-order valence-corrected chi connectivity index (χ0v) is 9.47. The fourth-order valence-electron chi connectivity index (χ4n) is 1.98. The van der Waals surface area contributed by atoms with Crippen molar-refractivity contribution in [2.24, 2.45) is 5.41 Å². The molecule has 1 rings (SSSR count). The first kappa shape index (κ1) is 12.0. The summed E-state index contributed by atoms with van der Waals surface area (Å²) in [5.41, 5.74) is -0.212. The number of hydrogen-bond donors (Lipinski definition) is 1. The van der Waals surface area contributed by atoms with Gasteiger partial charge in [-0.25, -0.2) is 0 Å². The number of rotatable bonds is 4. The van der Waals surface area contributed by atoms with Crippen molar-refractivity contribution in [2.75, 3.05) is 13.7 Å². The molecule has 0 aromatic carbocycles. The topological polar surface area (TPSA) is 55.4 Å². The lowest BCUT2D eigenvalue weighted by Crippen LogP contribution is -2.38. The van der Waals surface area contributed by atoms with Crippen molar-refractivity contribution in [3.8, 4) is 0 Å². The van der Waals surface area contributed by atoms with Crippen LogP contribution in [0.1, 0.15) is 39.0 Å². The summed E-state index contributed by atoms with van der Waals surface area (Å²) >= 11 is 0. The summed E-state index contributed by atoms with van der Waals surface area (Å²) in [6.45, 7) is 2.37. The highest BCUT2D eigenvalue weighted by atomic mass is 16.5. The summed E-state index contributed by atoms with van der Waals surface area (Å²) in [4.78, 5) is 22.6. The molecule has 0 bridgehead atoms. The maximum absolute atomic E-state index is 11.8. The van der Waals surface area contributed by atoms with Crippen molar-refractivity contribution >= 4 is 11.9 Å². The summed E-state index contributed by atoms with van der Waals surface area (Å²) in [6.07, 6.45) is 4.41. The maximum Gasteiger partial charge on any atom is 0.307 e.